The molecule has 0 spiro atoms. The number of hydrogen-bond donors (Lipinski definition) is 2. The van der Waals surface area contributed by atoms with Crippen LogP contribution in [0.3, 0.4) is 0 Å². The maximum absolute atomic E-state index is 12.5. The lowest BCUT2D eigenvalue weighted by Gasteiger charge is -2.29. The van der Waals surface area contributed by atoms with Gasteiger partial charge in [-0.1, -0.05) is 24.3 Å². The standard InChI is InChI=1S/C18H24N6O.HI/c1-19-18(20-11-16-7-9-22-23(16)2)21-12-17(25)24-10-8-14-5-3-4-6-15(14)13-24;/h3-7,9H,8,10-13H2,1-2H3,(H2,19,20,21);1H. The summed E-state index contributed by atoms with van der Waals surface area (Å²) in [5.74, 6) is 0.685. The van der Waals surface area contributed by atoms with Crippen LogP contribution >= 0.6 is 24.0 Å². The van der Waals surface area contributed by atoms with Crippen LogP contribution in [0, 0.1) is 0 Å². The number of carbonyl (C=O) groups is 1. The molecule has 0 saturated heterocycles. The molecule has 2 heterocycles. The number of nitrogens with zero attached hydrogens (tertiary/aromatic N) is 4. The third kappa shape index (κ3) is 4.96. The van der Waals surface area contributed by atoms with E-state index in [0.717, 1.165) is 18.7 Å². The van der Waals surface area contributed by atoms with E-state index < -0.39 is 0 Å². The first-order chi connectivity index (χ1) is 12.2. The fourth-order valence-electron chi connectivity index (χ4n) is 2.95. The summed E-state index contributed by atoms with van der Waals surface area (Å²) in [4.78, 5) is 18.5. The number of hydrogen-bond acceptors (Lipinski definition) is 3. The first-order valence-corrected chi connectivity index (χ1v) is 8.43. The smallest absolute Gasteiger partial charge is 0.242 e. The Morgan fingerprint density at radius 3 is 2.69 bits per heavy atom. The first-order valence-electron chi connectivity index (χ1n) is 8.43. The van der Waals surface area contributed by atoms with Crippen molar-refractivity contribution in [2.24, 2.45) is 12.0 Å². The summed E-state index contributed by atoms with van der Waals surface area (Å²) < 4.78 is 1.80. The highest BCUT2D eigenvalue weighted by Gasteiger charge is 2.20. The average Bonchev–Trinajstić information content (AvgIpc) is 3.06. The number of nitrogens with one attached hydrogen (secondary N) is 2. The molecular weight excluding hydrogens is 443 g/mol. The molecule has 140 valence electrons. The number of aromatic nitrogens is 2. The van der Waals surface area contributed by atoms with Crippen LogP contribution in [0.4, 0.5) is 0 Å². The average molecular weight is 468 g/mol. The Hall–Kier alpha value is -2.10. The topological polar surface area (TPSA) is 74.6 Å². The van der Waals surface area contributed by atoms with Gasteiger partial charge in [-0.2, -0.15) is 5.10 Å². The highest BCUT2D eigenvalue weighted by molar-refractivity contribution is 14.0. The fraction of sp³-hybridized carbons (Fsp3) is 0.389. The van der Waals surface area contributed by atoms with Crippen molar-refractivity contribution in [3.63, 3.8) is 0 Å². The molecule has 1 amide bonds. The van der Waals surface area contributed by atoms with E-state index in [1.807, 2.05) is 24.1 Å². The van der Waals surface area contributed by atoms with Gasteiger partial charge in [-0.3, -0.25) is 14.5 Å². The van der Waals surface area contributed by atoms with Gasteiger partial charge in [-0.25, -0.2) is 0 Å². The van der Waals surface area contributed by atoms with Gasteiger partial charge in [0.1, 0.15) is 0 Å². The SMILES string of the molecule is CN=C(NCC(=O)N1CCc2ccccc2C1)NCc1ccnn1C.I. The monoisotopic (exact) mass is 468 g/mol. The van der Waals surface area contributed by atoms with Crippen molar-refractivity contribution >= 4 is 35.8 Å². The molecule has 0 radical (unpaired) electrons. The second-order valence-electron chi connectivity index (χ2n) is 6.06. The summed E-state index contributed by atoms with van der Waals surface area (Å²) >= 11 is 0. The maximum Gasteiger partial charge on any atom is 0.242 e. The molecule has 0 unspecified atom stereocenters. The number of amides is 1. The lowest BCUT2D eigenvalue weighted by atomic mass is 10.00. The Kier molecular flexibility index (Phi) is 7.43. The predicted molar refractivity (Wildman–Crippen MR) is 112 cm³/mol. The van der Waals surface area contributed by atoms with E-state index in [2.05, 4.69) is 38.9 Å². The van der Waals surface area contributed by atoms with Crippen molar-refractivity contribution in [2.75, 3.05) is 20.1 Å². The van der Waals surface area contributed by atoms with E-state index in [4.69, 9.17) is 0 Å². The zero-order valence-electron chi connectivity index (χ0n) is 15.1. The lowest BCUT2D eigenvalue weighted by Crippen LogP contribution is -2.45. The number of halogens is 1. The molecule has 1 aromatic heterocycles. The number of aryl methyl sites for hydroxylation is 1. The number of rotatable bonds is 4. The van der Waals surface area contributed by atoms with Crippen LogP contribution in [-0.4, -0.2) is 46.7 Å². The van der Waals surface area contributed by atoms with Crippen LogP contribution < -0.4 is 10.6 Å². The van der Waals surface area contributed by atoms with Gasteiger partial charge in [0.15, 0.2) is 5.96 Å². The third-order valence-electron chi connectivity index (χ3n) is 4.47. The van der Waals surface area contributed by atoms with Crippen LogP contribution in [0.1, 0.15) is 16.8 Å². The van der Waals surface area contributed by atoms with Crippen LogP contribution in [0.5, 0.6) is 0 Å². The van der Waals surface area contributed by atoms with Crippen LogP contribution in [-0.2, 0) is 31.4 Å². The van der Waals surface area contributed by atoms with Crippen molar-refractivity contribution in [1.82, 2.24) is 25.3 Å². The minimum Gasteiger partial charge on any atom is -0.351 e. The Balaban J connectivity index is 0.00000243. The minimum atomic E-state index is 0. The number of benzene rings is 1. The van der Waals surface area contributed by atoms with Gasteiger partial charge in [0.25, 0.3) is 0 Å². The number of carbonyl (C=O) groups excluding carboxylic acids is 1. The van der Waals surface area contributed by atoms with Crippen molar-refractivity contribution < 1.29 is 4.79 Å². The Labute approximate surface area is 170 Å². The summed E-state index contributed by atoms with van der Waals surface area (Å²) in [6, 6.07) is 10.2. The van der Waals surface area contributed by atoms with Gasteiger partial charge in [-0.05, 0) is 23.6 Å². The van der Waals surface area contributed by atoms with E-state index in [0.29, 0.717) is 19.0 Å². The molecule has 1 aromatic carbocycles. The van der Waals surface area contributed by atoms with Gasteiger partial charge in [-0.15, -0.1) is 24.0 Å². The molecule has 0 bridgehead atoms. The summed E-state index contributed by atoms with van der Waals surface area (Å²) in [6.07, 6.45) is 2.67. The largest absolute Gasteiger partial charge is 0.351 e. The van der Waals surface area contributed by atoms with Crippen molar-refractivity contribution in [3.8, 4) is 0 Å². The molecule has 0 aliphatic carbocycles. The fourth-order valence-corrected chi connectivity index (χ4v) is 2.95. The van der Waals surface area contributed by atoms with Gasteiger partial charge < -0.3 is 15.5 Å². The van der Waals surface area contributed by atoms with Gasteiger partial charge in [0.2, 0.25) is 5.91 Å². The van der Waals surface area contributed by atoms with Gasteiger partial charge in [0, 0.05) is 33.4 Å². The molecule has 2 N–H and O–H groups in total. The maximum atomic E-state index is 12.5. The number of guanidine groups is 1. The van der Waals surface area contributed by atoms with E-state index in [1.54, 1.807) is 17.9 Å². The zero-order chi connectivity index (χ0) is 17.6. The molecule has 7 nitrogen and oxygen atoms in total. The van der Waals surface area contributed by atoms with E-state index in [9.17, 15) is 4.79 Å². The number of aliphatic imine (C=N–C) groups is 1. The first kappa shape index (κ1) is 20.2. The Morgan fingerprint density at radius 2 is 2.00 bits per heavy atom. The van der Waals surface area contributed by atoms with Crippen molar-refractivity contribution in [1.29, 1.82) is 0 Å². The van der Waals surface area contributed by atoms with Crippen LogP contribution in [0.25, 0.3) is 0 Å². The third-order valence-corrected chi connectivity index (χ3v) is 4.47. The molecule has 1 aliphatic rings. The van der Waals surface area contributed by atoms with Gasteiger partial charge in [0.05, 0.1) is 18.8 Å². The lowest BCUT2D eigenvalue weighted by molar-refractivity contribution is -0.130. The summed E-state index contributed by atoms with van der Waals surface area (Å²) in [7, 11) is 3.59. The second kappa shape index (κ2) is 9.56. The molecule has 0 saturated carbocycles. The normalized spacial score (nSPS) is 13.6. The van der Waals surface area contributed by atoms with Crippen LogP contribution in [0.15, 0.2) is 41.5 Å². The van der Waals surface area contributed by atoms with Crippen molar-refractivity contribution in [2.45, 2.75) is 19.5 Å². The molecule has 8 heteroatoms. The van der Waals surface area contributed by atoms with E-state index in [-0.39, 0.29) is 36.4 Å². The minimum absolute atomic E-state index is 0. The molecule has 1 aliphatic heterocycles. The predicted octanol–water partition coefficient (Wildman–Crippen LogP) is 1.29. The van der Waals surface area contributed by atoms with Crippen molar-refractivity contribution in [3.05, 3.63) is 53.3 Å². The molecule has 26 heavy (non-hydrogen) atoms. The summed E-state index contributed by atoms with van der Waals surface area (Å²) in [5.41, 5.74) is 3.62. The molecule has 2 aromatic rings. The zero-order valence-corrected chi connectivity index (χ0v) is 17.4. The summed E-state index contributed by atoms with van der Waals surface area (Å²) in [6.45, 7) is 2.27. The summed E-state index contributed by atoms with van der Waals surface area (Å²) in [5, 5.41) is 10.4. The van der Waals surface area contributed by atoms with E-state index >= 15 is 0 Å². The Morgan fingerprint density at radius 1 is 1.23 bits per heavy atom. The molecule has 0 fully saturated rings. The molecular formula is C18H25IN6O. The highest BCUT2D eigenvalue weighted by Crippen LogP contribution is 2.18. The quantitative estimate of drug-likeness (QED) is 0.403. The van der Waals surface area contributed by atoms with Gasteiger partial charge >= 0.3 is 0 Å². The van der Waals surface area contributed by atoms with E-state index in [1.165, 1.54) is 11.1 Å². The second-order valence-corrected chi connectivity index (χ2v) is 6.06. The molecule has 0 atom stereocenters. The Bertz CT molecular complexity index is 773. The molecule has 3 rings (SSSR count). The number of fused-ring (bicyclic) bond motifs is 1. The van der Waals surface area contributed by atoms with Crippen LogP contribution in [0.2, 0.25) is 0 Å². The highest BCUT2D eigenvalue weighted by atomic mass is 127.